The van der Waals surface area contributed by atoms with Crippen LogP contribution in [0.3, 0.4) is 0 Å². The number of hydrogen-bond acceptors (Lipinski definition) is 6. The number of carbonyl (C=O) groups is 1. The normalized spacial score (nSPS) is 15.2. The van der Waals surface area contributed by atoms with Crippen LogP contribution in [-0.4, -0.2) is 68.5 Å². The number of aliphatic hydroxyl groups excluding tert-OH is 1. The predicted octanol–water partition coefficient (Wildman–Crippen LogP) is 15.5. The minimum atomic E-state index is -4.62. The highest BCUT2D eigenvalue weighted by molar-refractivity contribution is 7.45. The molecule has 2 N–H and O–H groups in total. The Labute approximate surface area is 423 Å². The van der Waals surface area contributed by atoms with Gasteiger partial charge in [0.25, 0.3) is 7.82 Å². The summed E-state index contributed by atoms with van der Waals surface area (Å²) >= 11 is 0. The van der Waals surface area contributed by atoms with Crippen molar-refractivity contribution in [2.75, 3.05) is 40.9 Å². The molecule has 390 valence electrons. The molecule has 0 aromatic heterocycles. The van der Waals surface area contributed by atoms with Crippen molar-refractivity contribution in [2.45, 2.75) is 187 Å². The zero-order valence-corrected chi connectivity index (χ0v) is 45.1. The van der Waals surface area contributed by atoms with Gasteiger partial charge in [-0.25, -0.2) is 0 Å². The Bertz CT molecular complexity index is 1620. The molecule has 1 amide bonds. The third-order valence-electron chi connectivity index (χ3n) is 10.8. The van der Waals surface area contributed by atoms with Crippen LogP contribution in [0.1, 0.15) is 174 Å². The molecule has 0 radical (unpaired) electrons. The van der Waals surface area contributed by atoms with Crippen molar-refractivity contribution < 1.29 is 32.9 Å². The van der Waals surface area contributed by atoms with E-state index in [1.54, 1.807) is 6.08 Å². The van der Waals surface area contributed by atoms with Crippen molar-refractivity contribution in [1.82, 2.24) is 5.32 Å². The molecule has 69 heavy (non-hydrogen) atoms. The quantitative estimate of drug-likeness (QED) is 0.0272. The van der Waals surface area contributed by atoms with Gasteiger partial charge in [0, 0.05) is 6.42 Å². The molecule has 0 rings (SSSR count). The number of likely N-dealkylation sites (N-methyl/N-ethyl adjacent to an activating group) is 1. The first-order chi connectivity index (χ1) is 33.5. The van der Waals surface area contributed by atoms with Gasteiger partial charge >= 0.3 is 0 Å². The van der Waals surface area contributed by atoms with Crippen LogP contribution in [0.5, 0.6) is 0 Å². The van der Waals surface area contributed by atoms with Gasteiger partial charge in [-0.05, 0) is 109 Å². The average molecular weight is 975 g/mol. The highest BCUT2D eigenvalue weighted by Crippen LogP contribution is 2.38. The summed E-state index contributed by atoms with van der Waals surface area (Å²) in [5.74, 6) is -0.241. The summed E-state index contributed by atoms with van der Waals surface area (Å²) in [4.78, 5) is 25.4. The molecular weight excluding hydrogens is 876 g/mol. The molecule has 0 spiro atoms. The first kappa shape index (κ1) is 65.4. The van der Waals surface area contributed by atoms with Crippen LogP contribution >= 0.6 is 7.82 Å². The van der Waals surface area contributed by atoms with Gasteiger partial charge in [0.1, 0.15) is 13.2 Å². The number of unbranched alkanes of at least 4 members (excludes halogenated alkanes) is 11. The standard InChI is InChI=1S/C60H99N2O6P/c1-6-8-10-12-14-16-18-20-21-22-23-24-25-26-27-28-29-30-31-32-33-34-35-36-37-38-39-40-41-42-44-46-48-50-52-54-60(64)61-58(57-68-69(65,66)67-56-55-62(3,4)5)59(63)53-51-49-47-45-43-19-17-15-13-11-9-7-2/h8,10,14,16,20-21,23-24,26-27,29-30,32-33,35-36,38-39,41-43,45,51,53,58-59,63H,6-7,9,11-13,15,17-19,22,25,28,31,34,37,40,44,46-50,52,54-57H2,1-5H3,(H-,61,64,65,66)/b10-8-,16-14-,21-20-,24-23-,27-26-,30-29-,33-32-,36-35-,39-38-,42-41-,45-43+,53-51+. The van der Waals surface area contributed by atoms with E-state index in [4.69, 9.17) is 9.05 Å². The van der Waals surface area contributed by atoms with Crippen LogP contribution in [0.25, 0.3) is 0 Å². The molecule has 0 aliphatic heterocycles. The lowest BCUT2D eigenvalue weighted by Gasteiger charge is -2.29. The van der Waals surface area contributed by atoms with Gasteiger partial charge in [-0.2, -0.15) is 0 Å². The fourth-order valence-electron chi connectivity index (χ4n) is 6.61. The third kappa shape index (κ3) is 52.0. The maximum atomic E-state index is 12.9. The molecule has 0 aromatic rings. The average Bonchev–Trinajstić information content (AvgIpc) is 3.31. The largest absolute Gasteiger partial charge is 0.756 e. The molecule has 0 saturated heterocycles. The minimum absolute atomic E-state index is 0.0203. The molecule has 0 heterocycles. The van der Waals surface area contributed by atoms with Gasteiger partial charge in [0.2, 0.25) is 5.91 Å². The topological polar surface area (TPSA) is 108 Å². The molecule has 0 aliphatic carbocycles. The fourth-order valence-corrected chi connectivity index (χ4v) is 7.33. The van der Waals surface area contributed by atoms with Crippen molar-refractivity contribution in [3.05, 3.63) is 146 Å². The van der Waals surface area contributed by atoms with E-state index >= 15 is 0 Å². The maximum Gasteiger partial charge on any atom is 0.268 e. The summed E-state index contributed by atoms with van der Waals surface area (Å²) in [7, 11) is 1.20. The predicted molar refractivity (Wildman–Crippen MR) is 297 cm³/mol. The number of aliphatic hydroxyl groups is 1. The summed E-state index contributed by atoms with van der Waals surface area (Å²) in [5, 5.41) is 13.8. The van der Waals surface area contributed by atoms with Crippen molar-refractivity contribution >= 4 is 13.7 Å². The van der Waals surface area contributed by atoms with E-state index in [9.17, 15) is 19.4 Å². The molecule has 0 aromatic carbocycles. The molecule has 3 atom stereocenters. The van der Waals surface area contributed by atoms with E-state index in [-0.39, 0.29) is 12.5 Å². The zero-order valence-electron chi connectivity index (χ0n) is 44.2. The number of nitrogens with one attached hydrogen (secondary N) is 1. The first-order valence-electron chi connectivity index (χ1n) is 26.7. The van der Waals surface area contributed by atoms with E-state index in [2.05, 4.69) is 153 Å². The number of allylic oxidation sites excluding steroid dienone is 23. The smallest absolute Gasteiger partial charge is 0.268 e. The van der Waals surface area contributed by atoms with Crippen molar-refractivity contribution in [3.63, 3.8) is 0 Å². The van der Waals surface area contributed by atoms with Gasteiger partial charge in [0.05, 0.1) is 39.9 Å². The lowest BCUT2D eigenvalue weighted by Crippen LogP contribution is -2.45. The second-order valence-corrected chi connectivity index (χ2v) is 19.9. The Morgan fingerprint density at radius 2 is 0.899 bits per heavy atom. The van der Waals surface area contributed by atoms with E-state index in [0.717, 1.165) is 109 Å². The minimum Gasteiger partial charge on any atom is -0.756 e. The lowest BCUT2D eigenvalue weighted by molar-refractivity contribution is -0.870. The first-order valence-corrected chi connectivity index (χ1v) is 28.2. The van der Waals surface area contributed by atoms with Crippen LogP contribution in [0.2, 0.25) is 0 Å². The number of phosphoric acid groups is 1. The molecule has 3 unspecified atom stereocenters. The third-order valence-corrected chi connectivity index (χ3v) is 11.7. The van der Waals surface area contributed by atoms with Gasteiger partial charge in [0.15, 0.2) is 0 Å². The number of nitrogens with zero attached hydrogens (tertiary/aromatic N) is 1. The Hall–Kier alpha value is -3.62. The monoisotopic (exact) mass is 975 g/mol. The summed E-state index contributed by atoms with van der Waals surface area (Å²) in [6, 6.07) is -0.927. The van der Waals surface area contributed by atoms with Gasteiger partial charge in [-0.1, -0.05) is 205 Å². The Kier molecular flexibility index (Phi) is 46.8. The van der Waals surface area contributed by atoms with E-state index in [1.807, 2.05) is 27.2 Å². The van der Waals surface area contributed by atoms with Crippen LogP contribution in [0.4, 0.5) is 0 Å². The number of rotatable bonds is 46. The lowest BCUT2D eigenvalue weighted by atomic mass is 10.1. The Balaban J connectivity index is 4.28. The van der Waals surface area contributed by atoms with Crippen LogP contribution in [-0.2, 0) is 18.4 Å². The van der Waals surface area contributed by atoms with E-state index in [0.29, 0.717) is 23.9 Å². The van der Waals surface area contributed by atoms with E-state index in [1.165, 1.54) is 38.5 Å². The second kappa shape index (κ2) is 49.4. The number of carbonyl (C=O) groups excluding carboxylic acids is 1. The van der Waals surface area contributed by atoms with Gasteiger partial charge < -0.3 is 28.8 Å². The van der Waals surface area contributed by atoms with Crippen molar-refractivity contribution in [1.29, 1.82) is 0 Å². The molecular formula is C60H99N2O6P. The molecule has 0 fully saturated rings. The number of amides is 1. The zero-order chi connectivity index (χ0) is 50.6. The molecule has 0 aliphatic rings. The number of phosphoric ester groups is 1. The number of hydrogen-bond donors (Lipinski definition) is 2. The summed E-state index contributed by atoms with van der Waals surface area (Å²) in [6.07, 6.45) is 76.4. The summed E-state index contributed by atoms with van der Waals surface area (Å²) < 4.78 is 23.2. The summed E-state index contributed by atoms with van der Waals surface area (Å²) in [5.41, 5.74) is 0. The maximum absolute atomic E-state index is 12.9. The summed E-state index contributed by atoms with van der Waals surface area (Å²) in [6.45, 7) is 4.44. The number of quaternary nitrogens is 1. The Morgan fingerprint density at radius 3 is 1.35 bits per heavy atom. The Morgan fingerprint density at radius 1 is 0.522 bits per heavy atom. The highest BCUT2D eigenvalue weighted by Gasteiger charge is 2.23. The van der Waals surface area contributed by atoms with Gasteiger partial charge in [-0.3, -0.25) is 9.36 Å². The van der Waals surface area contributed by atoms with Crippen LogP contribution in [0, 0.1) is 0 Å². The molecule has 9 heteroatoms. The van der Waals surface area contributed by atoms with E-state index < -0.39 is 26.6 Å². The second-order valence-electron chi connectivity index (χ2n) is 18.5. The van der Waals surface area contributed by atoms with Crippen molar-refractivity contribution in [2.24, 2.45) is 0 Å². The molecule has 0 bridgehead atoms. The molecule has 8 nitrogen and oxygen atoms in total. The van der Waals surface area contributed by atoms with Crippen LogP contribution in [0.15, 0.2) is 146 Å². The molecule has 0 saturated carbocycles. The SMILES string of the molecule is CC/C=C\C/C=C\C/C=C\C/C=C\C/C=C\C/C=C\C/C=C\C/C=C\C/C=C\C/C=C\CCCCCCC(=O)NC(COP(=O)([O-])OCC[N+](C)(C)C)C(O)/C=C/CC/C=C/CCCCCCCC. The highest BCUT2D eigenvalue weighted by atomic mass is 31.2. The van der Waals surface area contributed by atoms with Gasteiger partial charge in [-0.15, -0.1) is 0 Å². The fraction of sp³-hybridized carbons (Fsp3) is 0.583. The van der Waals surface area contributed by atoms with Crippen LogP contribution < -0.4 is 10.2 Å². The van der Waals surface area contributed by atoms with Crippen molar-refractivity contribution in [3.8, 4) is 0 Å².